The second-order valence-corrected chi connectivity index (χ2v) is 3.72. The van der Waals surface area contributed by atoms with E-state index in [1.165, 1.54) is 24.3 Å². The summed E-state index contributed by atoms with van der Waals surface area (Å²) in [6.07, 6.45) is -3.91. The first kappa shape index (κ1) is 12.9. The number of aromatic nitrogens is 2. The van der Waals surface area contributed by atoms with Crippen molar-refractivity contribution in [3.8, 4) is 11.4 Å². The Morgan fingerprint density at radius 2 is 2.05 bits per heavy atom. The van der Waals surface area contributed by atoms with Gasteiger partial charge in [-0.1, -0.05) is 6.07 Å². The molecule has 8 heteroatoms. The molecule has 2 rings (SSSR count). The zero-order valence-corrected chi connectivity index (χ0v) is 9.35. The van der Waals surface area contributed by atoms with Crippen LogP contribution in [0, 0.1) is 0 Å². The molecule has 2 aromatic rings. The monoisotopic (exact) mass is 271 g/mol. The fourth-order valence-electron chi connectivity index (χ4n) is 1.53. The second kappa shape index (κ2) is 4.30. The number of carbonyl (C=O) groups is 1. The summed E-state index contributed by atoms with van der Waals surface area (Å²) in [6.45, 7) is 0. The normalized spacial score (nSPS) is 11.5. The van der Waals surface area contributed by atoms with Gasteiger partial charge in [0.05, 0.1) is 11.3 Å². The van der Waals surface area contributed by atoms with Gasteiger partial charge in [-0.15, -0.1) is 0 Å². The molecule has 100 valence electrons. The lowest BCUT2D eigenvalue weighted by Crippen LogP contribution is -2.17. The zero-order chi connectivity index (χ0) is 14.2. The maximum atomic E-state index is 12.7. The molecule has 0 saturated carbocycles. The maximum Gasteiger partial charge on any atom is 0.435 e. The van der Waals surface area contributed by atoms with Gasteiger partial charge in [-0.3, -0.25) is 4.79 Å². The van der Waals surface area contributed by atoms with Crippen molar-refractivity contribution < 1.29 is 23.1 Å². The predicted molar refractivity (Wildman–Crippen MR) is 58.7 cm³/mol. The number of rotatable bonds is 2. The van der Waals surface area contributed by atoms with Gasteiger partial charge in [0.1, 0.15) is 5.75 Å². The summed E-state index contributed by atoms with van der Waals surface area (Å²) in [7, 11) is 0. The second-order valence-electron chi connectivity index (χ2n) is 3.72. The number of hydrogen-bond acceptors (Lipinski definition) is 3. The van der Waals surface area contributed by atoms with Crippen molar-refractivity contribution >= 4 is 5.91 Å². The first-order valence-corrected chi connectivity index (χ1v) is 5.05. The summed E-state index contributed by atoms with van der Waals surface area (Å²) in [5.74, 6) is -1.36. The van der Waals surface area contributed by atoms with Gasteiger partial charge in [0, 0.05) is 12.3 Å². The van der Waals surface area contributed by atoms with Crippen molar-refractivity contribution in [2.75, 3.05) is 0 Å². The number of phenolic OH excluding ortho intramolecular Hbond substituents is 1. The minimum absolute atomic E-state index is 0.137. The lowest BCUT2D eigenvalue weighted by Gasteiger charge is -2.03. The summed E-state index contributed by atoms with van der Waals surface area (Å²) in [4.78, 5) is 11.0. The van der Waals surface area contributed by atoms with Crippen LogP contribution in [0.25, 0.3) is 5.69 Å². The van der Waals surface area contributed by atoms with Crippen LogP contribution < -0.4 is 5.73 Å². The molecular formula is C11H8F3N3O2. The van der Waals surface area contributed by atoms with E-state index >= 15 is 0 Å². The van der Waals surface area contributed by atoms with Gasteiger partial charge < -0.3 is 10.8 Å². The first-order chi connectivity index (χ1) is 8.79. The Balaban J connectivity index is 2.58. The van der Waals surface area contributed by atoms with Gasteiger partial charge in [-0.25, -0.2) is 4.68 Å². The predicted octanol–water partition coefficient (Wildman–Crippen LogP) is 1.70. The van der Waals surface area contributed by atoms with Crippen LogP contribution >= 0.6 is 0 Å². The third kappa shape index (κ3) is 2.51. The van der Waals surface area contributed by atoms with Gasteiger partial charge in [-0.2, -0.15) is 18.3 Å². The van der Waals surface area contributed by atoms with Crippen LogP contribution in [0.15, 0.2) is 30.5 Å². The number of benzene rings is 1. The van der Waals surface area contributed by atoms with E-state index in [1.807, 2.05) is 0 Å². The summed E-state index contributed by atoms with van der Waals surface area (Å²) >= 11 is 0. The molecule has 0 aliphatic heterocycles. The molecule has 0 spiro atoms. The van der Waals surface area contributed by atoms with Crippen LogP contribution in [0.2, 0.25) is 0 Å². The number of amides is 1. The molecule has 0 atom stereocenters. The van der Waals surface area contributed by atoms with Gasteiger partial charge >= 0.3 is 6.18 Å². The number of carbonyl (C=O) groups excluding carboxylic acids is 1. The van der Waals surface area contributed by atoms with E-state index in [0.717, 1.165) is 10.9 Å². The Labute approximate surface area is 105 Å². The number of nitrogens with two attached hydrogens (primary N) is 1. The smallest absolute Gasteiger partial charge is 0.435 e. The fourth-order valence-corrected chi connectivity index (χ4v) is 1.53. The average Bonchev–Trinajstić information content (AvgIpc) is 2.73. The standard InChI is InChI=1S/C11H8F3N3O2/c12-11(13,14)9-8(10(15)19)5-17(16-9)6-2-1-3-7(18)4-6/h1-5,18H,(H2,15,19). The Kier molecular flexibility index (Phi) is 2.93. The number of nitrogens with zero attached hydrogens (tertiary/aromatic N) is 2. The third-order valence-corrected chi connectivity index (χ3v) is 2.34. The minimum Gasteiger partial charge on any atom is -0.508 e. The number of alkyl halides is 3. The highest BCUT2D eigenvalue weighted by Crippen LogP contribution is 2.31. The van der Waals surface area contributed by atoms with Crippen LogP contribution in [0.5, 0.6) is 5.75 Å². The third-order valence-electron chi connectivity index (χ3n) is 2.34. The largest absolute Gasteiger partial charge is 0.508 e. The van der Waals surface area contributed by atoms with E-state index in [4.69, 9.17) is 5.73 Å². The van der Waals surface area contributed by atoms with Gasteiger partial charge in [-0.05, 0) is 12.1 Å². The van der Waals surface area contributed by atoms with Crippen molar-refractivity contribution in [2.45, 2.75) is 6.18 Å². The van der Waals surface area contributed by atoms with E-state index < -0.39 is 23.3 Å². The molecule has 5 nitrogen and oxygen atoms in total. The van der Waals surface area contributed by atoms with E-state index in [9.17, 15) is 23.1 Å². The Hall–Kier alpha value is -2.51. The lowest BCUT2D eigenvalue weighted by atomic mass is 10.2. The highest BCUT2D eigenvalue weighted by molar-refractivity contribution is 5.94. The molecule has 0 bridgehead atoms. The molecule has 1 heterocycles. The summed E-state index contributed by atoms with van der Waals surface area (Å²) in [6, 6.07) is 5.42. The highest BCUT2D eigenvalue weighted by Gasteiger charge is 2.38. The number of hydrogen-bond donors (Lipinski definition) is 2. The van der Waals surface area contributed by atoms with E-state index in [-0.39, 0.29) is 11.4 Å². The number of primary amides is 1. The molecule has 0 saturated heterocycles. The molecule has 1 amide bonds. The molecular weight excluding hydrogens is 263 g/mol. The highest BCUT2D eigenvalue weighted by atomic mass is 19.4. The van der Waals surface area contributed by atoms with Crippen LogP contribution in [0.4, 0.5) is 13.2 Å². The van der Waals surface area contributed by atoms with Gasteiger partial charge in [0.2, 0.25) is 0 Å². The quantitative estimate of drug-likeness (QED) is 0.872. The summed E-state index contributed by atoms with van der Waals surface area (Å²) in [5.41, 5.74) is 2.99. The summed E-state index contributed by atoms with van der Waals surface area (Å²) < 4.78 is 38.9. The maximum absolute atomic E-state index is 12.7. The van der Waals surface area contributed by atoms with Crippen molar-refractivity contribution in [3.63, 3.8) is 0 Å². The average molecular weight is 271 g/mol. The number of halogens is 3. The van der Waals surface area contributed by atoms with E-state index in [1.54, 1.807) is 0 Å². The van der Waals surface area contributed by atoms with Crippen molar-refractivity contribution in [3.05, 3.63) is 41.7 Å². The Bertz CT molecular complexity index is 634. The SMILES string of the molecule is NC(=O)c1cn(-c2cccc(O)c2)nc1C(F)(F)F. The molecule has 0 radical (unpaired) electrons. The van der Waals surface area contributed by atoms with Crippen molar-refractivity contribution in [1.82, 2.24) is 9.78 Å². The minimum atomic E-state index is -4.79. The van der Waals surface area contributed by atoms with E-state index in [0.29, 0.717) is 0 Å². The Morgan fingerprint density at radius 3 is 2.53 bits per heavy atom. The van der Waals surface area contributed by atoms with Gasteiger partial charge in [0.15, 0.2) is 5.69 Å². The molecule has 0 unspecified atom stereocenters. The molecule has 0 aliphatic carbocycles. The first-order valence-electron chi connectivity index (χ1n) is 5.05. The van der Waals surface area contributed by atoms with Crippen LogP contribution in [-0.4, -0.2) is 20.8 Å². The molecule has 19 heavy (non-hydrogen) atoms. The molecule has 1 aromatic carbocycles. The van der Waals surface area contributed by atoms with Crippen LogP contribution in [0.3, 0.4) is 0 Å². The fraction of sp³-hybridized carbons (Fsp3) is 0.0909. The van der Waals surface area contributed by atoms with E-state index in [2.05, 4.69) is 5.10 Å². The Morgan fingerprint density at radius 1 is 1.37 bits per heavy atom. The van der Waals surface area contributed by atoms with Crippen molar-refractivity contribution in [2.24, 2.45) is 5.73 Å². The number of aromatic hydroxyl groups is 1. The number of phenols is 1. The molecule has 3 N–H and O–H groups in total. The van der Waals surface area contributed by atoms with Gasteiger partial charge in [0.25, 0.3) is 5.91 Å². The van der Waals surface area contributed by atoms with Crippen molar-refractivity contribution in [1.29, 1.82) is 0 Å². The lowest BCUT2D eigenvalue weighted by molar-refractivity contribution is -0.141. The van der Waals surface area contributed by atoms with Crippen LogP contribution in [0.1, 0.15) is 16.1 Å². The summed E-state index contributed by atoms with van der Waals surface area (Å²) in [5, 5.41) is 12.6. The topological polar surface area (TPSA) is 81.1 Å². The molecule has 1 aromatic heterocycles. The van der Waals surface area contributed by atoms with Crippen LogP contribution in [-0.2, 0) is 6.18 Å². The molecule has 0 fully saturated rings. The zero-order valence-electron chi connectivity index (χ0n) is 9.35. The molecule has 0 aliphatic rings.